The minimum Gasteiger partial charge on any atom is -0.382 e. The van der Waals surface area contributed by atoms with Gasteiger partial charge in [-0.1, -0.05) is 41.9 Å². The second-order valence-corrected chi connectivity index (χ2v) is 10.6. The van der Waals surface area contributed by atoms with Gasteiger partial charge in [0.1, 0.15) is 10.7 Å². The van der Waals surface area contributed by atoms with Gasteiger partial charge < -0.3 is 16.4 Å². The van der Waals surface area contributed by atoms with E-state index in [1.54, 1.807) is 23.7 Å². The summed E-state index contributed by atoms with van der Waals surface area (Å²) in [7, 11) is 1.75. The normalized spacial score (nSPS) is 23.3. The van der Waals surface area contributed by atoms with Crippen LogP contribution in [0.2, 0.25) is 10.0 Å². The monoisotopic (exact) mass is 467 g/mol. The van der Waals surface area contributed by atoms with Crippen LogP contribution in [-0.2, 0) is 7.05 Å². The second-order valence-electron chi connectivity index (χ2n) is 8.67. The Hall–Kier alpha value is -1.41. The van der Waals surface area contributed by atoms with Crippen LogP contribution in [0.5, 0.6) is 0 Å². The van der Waals surface area contributed by atoms with Gasteiger partial charge in [-0.05, 0) is 55.2 Å². The Bertz CT molecular complexity index is 1020. The largest absolute Gasteiger partial charge is 0.382 e. The molecule has 30 heavy (non-hydrogen) atoms. The van der Waals surface area contributed by atoms with E-state index < -0.39 is 0 Å². The lowest BCUT2D eigenvalue weighted by Gasteiger charge is -2.42. The number of piperidine rings is 1. The maximum atomic E-state index is 13.1. The molecule has 0 unspecified atom stereocenters. The Labute approximate surface area is 190 Å². The fourth-order valence-corrected chi connectivity index (χ4v) is 6.25. The predicted octanol–water partition coefficient (Wildman–Crippen LogP) is 4.16. The van der Waals surface area contributed by atoms with Crippen LogP contribution in [0, 0.1) is 11.3 Å². The lowest BCUT2D eigenvalue weighted by molar-refractivity contribution is 0.192. The van der Waals surface area contributed by atoms with E-state index in [0.29, 0.717) is 26.8 Å². The Morgan fingerprint density at radius 1 is 1.23 bits per heavy atom. The number of rotatable bonds is 3. The molecule has 0 radical (unpaired) electrons. The molecule has 162 valence electrons. The van der Waals surface area contributed by atoms with E-state index in [1.165, 1.54) is 18.2 Å². The average Bonchev–Trinajstić information content (AvgIpc) is 2.98. The van der Waals surface area contributed by atoms with Gasteiger partial charge in [-0.15, -0.1) is 0 Å². The van der Waals surface area contributed by atoms with Crippen LogP contribution >= 0.6 is 35.0 Å². The molecule has 1 saturated heterocycles. The van der Waals surface area contributed by atoms with Crippen molar-refractivity contribution >= 4 is 46.7 Å². The van der Waals surface area contributed by atoms with Crippen LogP contribution in [0.15, 0.2) is 32.8 Å². The number of hydrogen-bond donors (Lipinski definition) is 2. The first-order valence-corrected chi connectivity index (χ1v) is 11.8. The highest BCUT2D eigenvalue weighted by molar-refractivity contribution is 7.99. The standard InChI is InChI=1S/C21H27Cl2N5OS/c1-12-9-16(24)21(11-12)5-7-28(8-6-21)20-26-18(25)17(19(29)27(20)2)30-13-3-4-14(22)15(23)10-13/h3-4,10,12,16H,5-9,11,24-25H2,1-2H3/t12-,16+/m0/s1. The second kappa shape index (κ2) is 8.26. The van der Waals surface area contributed by atoms with Gasteiger partial charge >= 0.3 is 0 Å². The molecular weight excluding hydrogens is 441 g/mol. The third kappa shape index (κ3) is 3.93. The lowest BCUT2D eigenvalue weighted by atomic mass is 9.74. The van der Waals surface area contributed by atoms with Crippen molar-refractivity contribution in [1.29, 1.82) is 0 Å². The van der Waals surface area contributed by atoms with Crippen LogP contribution in [0.1, 0.15) is 32.6 Å². The van der Waals surface area contributed by atoms with E-state index in [4.69, 9.17) is 34.7 Å². The van der Waals surface area contributed by atoms with E-state index in [1.807, 2.05) is 6.07 Å². The predicted molar refractivity (Wildman–Crippen MR) is 125 cm³/mol. The van der Waals surface area contributed by atoms with Crippen LogP contribution in [0.3, 0.4) is 0 Å². The third-order valence-corrected chi connectivity index (χ3v) is 8.42. The van der Waals surface area contributed by atoms with Gasteiger partial charge in [-0.2, -0.15) is 4.98 Å². The van der Waals surface area contributed by atoms with Gasteiger partial charge in [0.25, 0.3) is 5.56 Å². The number of nitrogen functional groups attached to an aromatic ring is 1. The van der Waals surface area contributed by atoms with Crippen LogP contribution in [0.4, 0.5) is 11.8 Å². The molecule has 1 aliphatic carbocycles. The summed E-state index contributed by atoms with van der Waals surface area (Å²) < 4.78 is 1.59. The topological polar surface area (TPSA) is 90.2 Å². The van der Waals surface area contributed by atoms with Crippen molar-refractivity contribution < 1.29 is 0 Å². The highest BCUT2D eigenvalue weighted by Crippen LogP contribution is 2.48. The molecule has 2 aromatic rings. The Morgan fingerprint density at radius 2 is 1.93 bits per heavy atom. The number of halogens is 2. The highest BCUT2D eigenvalue weighted by atomic mass is 35.5. The molecule has 1 aliphatic heterocycles. The minimum atomic E-state index is -0.167. The summed E-state index contributed by atoms with van der Waals surface area (Å²) in [5.74, 6) is 1.53. The molecule has 2 aliphatic rings. The first-order chi connectivity index (χ1) is 14.2. The molecule has 4 N–H and O–H groups in total. The number of nitrogens with zero attached hydrogens (tertiary/aromatic N) is 3. The summed E-state index contributed by atoms with van der Waals surface area (Å²) >= 11 is 13.3. The summed E-state index contributed by atoms with van der Waals surface area (Å²) in [5, 5.41) is 0.901. The van der Waals surface area contributed by atoms with Crippen molar-refractivity contribution in [1.82, 2.24) is 9.55 Å². The van der Waals surface area contributed by atoms with Crippen molar-refractivity contribution in [2.45, 2.75) is 48.4 Å². The zero-order chi connectivity index (χ0) is 21.6. The molecule has 0 bridgehead atoms. The van der Waals surface area contributed by atoms with Gasteiger partial charge in [0, 0.05) is 31.1 Å². The molecule has 2 atom stereocenters. The van der Waals surface area contributed by atoms with Crippen molar-refractivity contribution in [3.63, 3.8) is 0 Å². The molecule has 2 fully saturated rings. The Morgan fingerprint density at radius 3 is 2.53 bits per heavy atom. The fraction of sp³-hybridized carbons (Fsp3) is 0.524. The maximum absolute atomic E-state index is 13.1. The molecule has 4 rings (SSSR count). The number of aromatic nitrogens is 2. The SMILES string of the molecule is C[C@H]1C[C@@H](N)C2(CCN(c3nc(N)c(Sc4ccc(Cl)c(Cl)c4)c(=O)n3C)CC2)C1. The van der Waals surface area contributed by atoms with Crippen molar-refractivity contribution in [3.8, 4) is 0 Å². The van der Waals surface area contributed by atoms with E-state index in [2.05, 4.69) is 16.8 Å². The van der Waals surface area contributed by atoms with E-state index in [-0.39, 0.29) is 22.8 Å². The number of benzene rings is 1. The number of nitrogens with two attached hydrogens (primary N) is 2. The quantitative estimate of drug-likeness (QED) is 0.703. The zero-order valence-electron chi connectivity index (χ0n) is 17.2. The molecule has 2 heterocycles. The van der Waals surface area contributed by atoms with Gasteiger partial charge in [0.05, 0.1) is 10.0 Å². The molecular formula is C21H27Cl2N5OS. The van der Waals surface area contributed by atoms with Gasteiger partial charge in [0.15, 0.2) is 0 Å². The summed E-state index contributed by atoms with van der Waals surface area (Å²) in [6.45, 7) is 3.95. The van der Waals surface area contributed by atoms with E-state index in [0.717, 1.165) is 37.2 Å². The van der Waals surface area contributed by atoms with Crippen molar-refractivity contribution in [2.24, 2.45) is 24.1 Å². The Kier molecular flexibility index (Phi) is 6.01. The van der Waals surface area contributed by atoms with Crippen LogP contribution < -0.4 is 21.9 Å². The molecule has 9 heteroatoms. The fourth-order valence-electron chi connectivity index (χ4n) is 4.96. The molecule has 1 aromatic carbocycles. The van der Waals surface area contributed by atoms with Crippen LogP contribution in [0.25, 0.3) is 0 Å². The molecule has 1 saturated carbocycles. The van der Waals surface area contributed by atoms with Gasteiger partial charge in [0.2, 0.25) is 5.95 Å². The first kappa shape index (κ1) is 21.8. The summed E-state index contributed by atoms with van der Waals surface area (Å²) in [6, 6.07) is 5.49. The van der Waals surface area contributed by atoms with Gasteiger partial charge in [-0.25, -0.2) is 0 Å². The molecule has 6 nitrogen and oxygen atoms in total. The third-order valence-electron chi connectivity index (χ3n) is 6.60. The molecule has 1 aromatic heterocycles. The molecule has 0 amide bonds. The zero-order valence-corrected chi connectivity index (χ0v) is 19.5. The maximum Gasteiger partial charge on any atom is 0.270 e. The van der Waals surface area contributed by atoms with Crippen molar-refractivity contribution in [3.05, 3.63) is 38.6 Å². The number of anilines is 2. The van der Waals surface area contributed by atoms with E-state index in [9.17, 15) is 4.79 Å². The summed E-state index contributed by atoms with van der Waals surface area (Å²) in [5.41, 5.74) is 12.8. The summed E-state index contributed by atoms with van der Waals surface area (Å²) in [4.78, 5) is 21.0. The smallest absolute Gasteiger partial charge is 0.270 e. The number of hydrogen-bond acceptors (Lipinski definition) is 6. The minimum absolute atomic E-state index is 0.167. The van der Waals surface area contributed by atoms with Crippen LogP contribution in [-0.4, -0.2) is 28.7 Å². The lowest BCUT2D eigenvalue weighted by Crippen LogP contribution is -2.48. The highest BCUT2D eigenvalue weighted by Gasteiger charge is 2.46. The first-order valence-electron chi connectivity index (χ1n) is 10.2. The Balaban J connectivity index is 1.56. The summed E-state index contributed by atoms with van der Waals surface area (Å²) in [6.07, 6.45) is 4.34. The van der Waals surface area contributed by atoms with Crippen molar-refractivity contribution in [2.75, 3.05) is 23.7 Å². The average molecular weight is 468 g/mol. The molecule has 1 spiro atoms. The van der Waals surface area contributed by atoms with Gasteiger partial charge in [-0.3, -0.25) is 9.36 Å². The van der Waals surface area contributed by atoms with E-state index >= 15 is 0 Å².